The van der Waals surface area contributed by atoms with E-state index in [1.54, 1.807) is 0 Å². The van der Waals surface area contributed by atoms with Crippen molar-refractivity contribution < 1.29 is 18.3 Å². The Morgan fingerprint density at radius 2 is 1.75 bits per heavy atom. The third kappa shape index (κ3) is 3.51. The first-order valence-electron chi connectivity index (χ1n) is 3.73. The average Bonchev–Trinajstić information content (AvgIpc) is 2.08. The molecule has 0 aliphatic heterocycles. The third-order valence-corrected chi connectivity index (χ3v) is 2.81. The Balaban J connectivity index is 0.00000225. The summed E-state index contributed by atoms with van der Waals surface area (Å²) in [6, 6.07) is 0.367. The molecule has 0 aliphatic rings. The van der Waals surface area contributed by atoms with E-state index in [0.29, 0.717) is 4.47 Å². The summed E-state index contributed by atoms with van der Waals surface area (Å²) in [6.07, 6.45) is -4.59. The molecule has 0 aliphatic carbocycles. The van der Waals surface area contributed by atoms with Gasteiger partial charge in [-0.2, -0.15) is 13.2 Å². The van der Waals surface area contributed by atoms with E-state index in [-0.39, 0.29) is 22.4 Å². The zero-order chi connectivity index (χ0) is 11.8. The van der Waals surface area contributed by atoms with Gasteiger partial charge in [-0.05, 0) is 28.1 Å². The molecule has 0 radical (unpaired) electrons. The molecule has 3 N–H and O–H groups in total. The summed E-state index contributed by atoms with van der Waals surface area (Å²) in [7, 11) is 0. The molecule has 0 amide bonds. The minimum absolute atomic E-state index is 0. The fourth-order valence-electron chi connectivity index (χ4n) is 0.999. The lowest BCUT2D eigenvalue weighted by molar-refractivity contribution is -0.149. The number of alkyl halides is 3. The third-order valence-electron chi connectivity index (χ3n) is 1.75. The zero-order valence-electron chi connectivity index (χ0n) is 7.55. The van der Waals surface area contributed by atoms with Crippen LogP contribution in [0.1, 0.15) is 11.6 Å². The minimum atomic E-state index is -4.59. The monoisotopic (exact) mass is 383 g/mol. The van der Waals surface area contributed by atoms with Gasteiger partial charge in [-0.25, -0.2) is 0 Å². The number of hydrogen-bond donors (Lipinski definition) is 2. The van der Waals surface area contributed by atoms with E-state index in [9.17, 15) is 18.3 Å². The molecule has 0 saturated heterocycles. The fourth-order valence-corrected chi connectivity index (χ4v) is 2.26. The molecule has 0 aromatic heterocycles. The van der Waals surface area contributed by atoms with Crippen LogP contribution >= 0.6 is 44.3 Å². The van der Waals surface area contributed by atoms with Gasteiger partial charge in [-0.1, -0.05) is 15.9 Å². The molecule has 1 aromatic rings. The van der Waals surface area contributed by atoms with Crippen LogP contribution in [0.3, 0.4) is 0 Å². The highest BCUT2D eigenvalue weighted by atomic mass is 79.9. The van der Waals surface area contributed by atoms with Crippen molar-refractivity contribution in [3.8, 4) is 5.75 Å². The summed E-state index contributed by atoms with van der Waals surface area (Å²) in [5.74, 6) is -0.497. The largest absolute Gasteiger partial charge is 0.506 e. The molecule has 0 fully saturated rings. The lowest BCUT2D eigenvalue weighted by Gasteiger charge is -2.17. The highest BCUT2D eigenvalue weighted by molar-refractivity contribution is 9.11. The van der Waals surface area contributed by atoms with Crippen LogP contribution in [0.2, 0.25) is 0 Å². The molecule has 0 saturated carbocycles. The normalized spacial score (nSPS) is 13.1. The lowest BCUT2D eigenvalue weighted by atomic mass is 10.1. The molecule has 1 atom stereocenters. The Morgan fingerprint density at radius 1 is 1.25 bits per heavy atom. The van der Waals surface area contributed by atoms with Gasteiger partial charge in [0.1, 0.15) is 11.8 Å². The number of aromatic hydroxyl groups is 1. The summed E-state index contributed by atoms with van der Waals surface area (Å²) >= 11 is 5.95. The Labute approximate surface area is 113 Å². The Morgan fingerprint density at radius 3 is 2.19 bits per heavy atom. The van der Waals surface area contributed by atoms with Crippen molar-refractivity contribution in [1.29, 1.82) is 0 Å². The van der Waals surface area contributed by atoms with Crippen molar-refractivity contribution in [2.75, 3.05) is 0 Å². The van der Waals surface area contributed by atoms with Crippen LogP contribution in [0.25, 0.3) is 0 Å². The second kappa shape index (κ2) is 5.57. The molecule has 1 rings (SSSR count). The lowest BCUT2D eigenvalue weighted by Crippen LogP contribution is -2.28. The van der Waals surface area contributed by atoms with Gasteiger partial charge < -0.3 is 10.8 Å². The molecule has 0 heterocycles. The van der Waals surface area contributed by atoms with Crippen molar-refractivity contribution in [3.05, 3.63) is 26.6 Å². The molecule has 0 bridgehead atoms. The van der Waals surface area contributed by atoms with Crippen molar-refractivity contribution in [2.45, 2.75) is 12.2 Å². The zero-order valence-corrected chi connectivity index (χ0v) is 11.5. The predicted octanol–water partition coefficient (Wildman–Crippen LogP) is 3.90. The first kappa shape index (κ1) is 16.0. The van der Waals surface area contributed by atoms with Gasteiger partial charge in [0.2, 0.25) is 0 Å². The number of phenolic OH excluding ortho intramolecular Hbond substituents is 1. The molecule has 16 heavy (non-hydrogen) atoms. The summed E-state index contributed by atoms with van der Waals surface area (Å²) < 4.78 is 37.5. The van der Waals surface area contributed by atoms with E-state index >= 15 is 0 Å². The van der Waals surface area contributed by atoms with Gasteiger partial charge in [0, 0.05) is 10.0 Å². The molecular formula is C8H7Br2ClF3NO. The van der Waals surface area contributed by atoms with Crippen molar-refractivity contribution in [3.63, 3.8) is 0 Å². The minimum Gasteiger partial charge on any atom is -0.506 e. The molecule has 2 nitrogen and oxygen atoms in total. The highest BCUT2D eigenvalue weighted by Gasteiger charge is 2.39. The summed E-state index contributed by atoms with van der Waals surface area (Å²) in [5, 5.41) is 9.41. The summed E-state index contributed by atoms with van der Waals surface area (Å²) in [6.45, 7) is 0. The second-order valence-electron chi connectivity index (χ2n) is 2.84. The van der Waals surface area contributed by atoms with Crippen molar-refractivity contribution >= 4 is 44.3 Å². The van der Waals surface area contributed by atoms with Crippen LogP contribution in [0.15, 0.2) is 21.1 Å². The fraction of sp³-hybridized carbons (Fsp3) is 0.250. The molecule has 1 aromatic carbocycles. The molecular weight excluding hydrogens is 378 g/mol. The molecule has 0 unspecified atom stereocenters. The number of rotatable bonds is 1. The Hall–Kier alpha value is 0.0200. The smallest absolute Gasteiger partial charge is 0.407 e. The second-order valence-corrected chi connectivity index (χ2v) is 4.61. The van der Waals surface area contributed by atoms with Crippen LogP contribution in [-0.4, -0.2) is 11.3 Å². The summed E-state index contributed by atoms with van der Waals surface area (Å²) in [5.41, 5.74) is 4.61. The Bertz CT molecular complexity index is 386. The summed E-state index contributed by atoms with van der Waals surface area (Å²) in [4.78, 5) is 0. The van der Waals surface area contributed by atoms with Crippen LogP contribution < -0.4 is 5.73 Å². The number of nitrogens with two attached hydrogens (primary N) is 1. The maximum Gasteiger partial charge on any atom is 0.407 e. The molecule has 0 spiro atoms. The van der Waals surface area contributed by atoms with Gasteiger partial charge >= 0.3 is 6.18 Å². The highest BCUT2D eigenvalue weighted by Crippen LogP contribution is 2.40. The predicted molar refractivity (Wildman–Crippen MR) is 63.7 cm³/mol. The van der Waals surface area contributed by atoms with E-state index in [2.05, 4.69) is 31.9 Å². The van der Waals surface area contributed by atoms with E-state index in [0.717, 1.165) is 6.07 Å². The standard InChI is InChI=1S/C8H6Br2F3NO.ClH/c9-3-1-4(6(15)5(10)2-3)7(14)8(11,12)13;/h1-2,7,15H,14H2;1H/t7-;/m0./s1. The molecule has 8 heteroatoms. The maximum absolute atomic E-state index is 12.3. The Kier molecular flexibility index (Phi) is 5.58. The van der Waals surface area contributed by atoms with Gasteiger partial charge in [0.05, 0.1) is 4.47 Å². The van der Waals surface area contributed by atoms with Crippen LogP contribution in [-0.2, 0) is 0 Å². The number of benzene rings is 1. The van der Waals surface area contributed by atoms with Gasteiger partial charge in [-0.3, -0.25) is 0 Å². The van der Waals surface area contributed by atoms with E-state index in [4.69, 9.17) is 5.73 Å². The van der Waals surface area contributed by atoms with Gasteiger partial charge in [-0.15, -0.1) is 12.4 Å². The van der Waals surface area contributed by atoms with Crippen molar-refractivity contribution in [2.24, 2.45) is 5.73 Å². The van der Waals surface area contributed by atoms with Crippen molar-refractivity contribution in [1.82, 2.24) is 0 Å². The van der Waals surface area contributed by atoms with E-state index < -0.39 is 18.0 Å². The van der Waals surface area contributed by atoms with E-state index in [1.807, 2.05) is 0 Å². The number of phenols is 1. The van der Waals surface area contributed by atoms with E-state index in [1.165, 1.54) is 6.07 Å². The molecule has 92 valence electrons. The van der Waals surface area contributed by atoms with Crippen LogP contribution in [0.5, 0.6) is 5.75 Å². The van der Waals surface area contributed by atoms with Gasteiger partial charge in [0.15, 0.2) is 0 Å². The van der Waals surface area contributed by atoms with Gasteiger partial charge in [0.25, 0.3) is 0 Å². The first-order chi connectivity index (χ1) is 6.73. The SMILES string of the molecule is Cl.N[C@@H](c1cc(Br)cc(Br)c1O)C(F)(F)F. The maximum atomic E-state index is 12.3. The van der Waals surface area contributed by atoms with Crippen LogP contribution in [0, 0.1) is 0 Å². The number of halogens is 6. The topological polar surface area (TPSA) is 46.2 Å². The van der Waals surface area contributed by atoms with Crippen LogP contribution in [0.4, 0.5) is 13.2 Å². The first-order valence-corrected chi connectivity index (χ1v) is 5.32. The number of hydrogen-bond acceptors (Lipinski definition) is 2. The average molecular weight is 385 g/mol. The quantitative estimate of drug-likeness (QED) is 0.770.